The number of pyridine rings is 1. The average molecular weight is 224 g/mol. The largest absolute Gasteiger partial charge is 0.492 e. The van der Waals surface area contributed by atoms with Crippen LogP contribution in [-0.2, 0) is 4.74 Å². The van der Waals surface area contributed by atoms with Gasteiger partial charge in [0.05, 0.1) is 24.0 Å². The summed E-state index contributed by atoms with van der Waals surface area (Å²) in [7, 11) is 0. The molecule has 0 fully saturated rings. The van der Waals surface area contributed by atoms with E-state index < -0.39 is 0 Å². The van der Waals surface area contributed by atoms with Crippen LogP contribution in [0, 0.1) is 0 Å². The lowest BCUT2D eigenvalue weighted by Gasteiger charge is -2.06. The zero-order valence-electron chi connectivity index (χ0n) is 8.25. The molecule has 0 radical (unpaired) electrons. The quantitative estimate of drug-likeness (QED) is 0.643. The molecule has 0 spiro atoms. The number of rotatable bonds is 3. The second-order valence-electron chi connectivity index (χ2n) is 2.95. The maximum atomic E-state index is 5.86. The summed E-state index contributed by atoms with van der Waals surface area (Å²) in [6, 6.07) is 1.69. The zero-order valence-corrected chi connectivity index (χ0v) is 9.01. The molecule has 1 N–H and O–H groups in total. The molecule has 0 saturated heterocycles. The summed E-state index contributed by atoms with van der Waals surface area (Å²) in [6.07, 6.45) is 1.59. The Morgan fingerprint density at radius 2 is 2.47 bits per heavy atom. The van der Waals surface area contributed by atoms with Gasteiger partial charge in [0.1, 0.15) is 16.6 Å². The monoisotopic (exact) mass is 223 g/mol. The predicted octanol–water partition coefficient (Wildman–Crippen LogP) is 2.62. The van der Waals surface area contributed by atoms with Gasteiger partial charge in [0.25, 0.3) is 0 Å². The van der Waals surface area contributed by atoms with Gasteiger partial charge in [-0.15, -0.1) is 0 Å². The summed E-state index contributed by atoms with van der Waals surface area (Å²) in [5.41, 5.74) is 2.15. The first-order chi connectivity index (χ1) is 7.22. The third-order valence-electron chi connectivity index (χ3n) is 1.96. The second-order valence-corrected chi connectivity index (χ2v) is 3.33. The van der Waals surface area contributed by atoms with Crippen molar-refractivity contribution in [3.63, 3.8) is 0 Å². The van der Waals surface area contributed by atoms with Crippen molar-refractivity contribution in [1.82, 2.24) is 15.0 Å². The van der Waals surface area contributed by atoms with Gasteiger partial charge in [0.2, 0.25) is 0 Å². The fourth-order valence-electron chi connectivity index (χ4n) is 1.36. The Hall–Kier alpha value is -1.55. The molecular weight excluding hydrogens is 214 g/mol. The van der Waals surface area contributed by atoms with Gasteiger partial charge in [-0.25, -0.2) is 9.97 Å². The van der Waals surface area contributed by atoms with Crippen LogP contribution in [0.4, 0.5) is 0 Å². The van der Waals surface area contributed by atoms with Crippen LogP contribution in [0.2, 0.25) is 5.15 Å². The lowest BCUT2D eigenvalue weighted by atomic mass is 10.3. The van der Waals surface area contributed by atoms with Crippen molar-refractivity contribution in [3.05, 3.63) is 29.8 Å². The first-order valence-electron chi connectivity index (χ1n) is 4.54. The van der Waals surface area contributed by atoms with Gasteiger partial charge in [-0.1, -0.05) is 18.2 Å². The van der Waals surface area contributed by atoms with Gasteiger partial charge in [-0.3, -0.25) is 0 Å². The number of nitrogens with one attached hydrogen (secondary N) is 1. The molecule has 2 heterocycles. The van der Waals surface area contributed by atoms with Crippen LogP contribution in [0.25, 0.3) is 16.8 Å². The SMILES string of the molecule is C=C(OCC)c1nc(Cl)cc2nc[nH]c12. The molecule has 0 aliphatic rings. The van der Waals surface area contributed by atoms with E-state index in [4.69, 9.17) is 16.3 Å². The highest BCUT2D eigenvalue weighted by Gasteiger charge is 2.10. The van der Waals surface area contributed by atoms with Crippen molar-refractivity contribution < 1.29 is 4.74 Å². The lowest BCUT2D eigenvalue weighted by Crippen LogP contribution is -1.95. The number of nitrogens with zero attached hydrogens (tertiary/aromatic N) is 2. The molecule has 0 amide bonds. The molecule has 5 heteroatoms. The molecule has 0 saturated carbocycles. The molecule has 0 unspecified atom stereocenters. The lowest BCUT2D eigenvalue weighted by molar-refractivity contribution is 0.298. The summed E-state index contributed by atoms with van der Waals surface area (Å²) >= 11 is 5.86. The highest BCUT2D eigenvalue weighted by atomic mass is 35.5. The van der Waals surface area contributed by atoms with Crippen LogP contribution in [0.3, 0.4) is 0 Å². The highest BCUT2D eigenvalue weighted by molar-refractivity contribution is 6.30. The van der Waals surface area contributed by atoms with Gasteiger partial charge >= 0.3 is 0 Å². The number of fused-ring (bicyclic) bond motifs is 1. The van der Waals surface area contributed by atoms with E-state index >= 15 is 0 Å². The summed E-state index contributed by atoms with van der Waals surface area (Å²) in [6.45, 7) is 6.23. The number of ether oxygens (including phenoxy) is 1. The molecule has 4 nitrogen and oxygen atoms in total. The second kappa shape index (κ2) is 3.90. The molecule has 78 valence electrons. The first kappa shape index (κ1) is 9.98. The number of hydrogen-bond donors (Lipinski definition) is 1. The molecule has 15 heavy (non-hydrogen) atoms. The zero-order chi connectivity index (χ0) is 10.8. The van der Waals surface area contributed by atoms with E-state index in [1.165, 1.54) is 0 Å². The fraction of sp³-hybridized carbons (Fsp3) is 0.200. The van der Waals surface area contributed by atoms with Gasteiger partial charge in [-0.2, -0.15) is 0 Å². The summed E-state index contributed by atoms with van der Waals surface area (Å²) < 4.78 is 5.30. The van der Waals surface area contributed by atoms with Crippen molar-refractivity contribution >= 4 is 28.4 Å². The molecule has 0 bridgehead atoms. The molecule has 0 aromatic carbocycles. The number of imidazole rings is 1. The Balaban J connectivity index is 2.57. The van der Waals surface area contributed by atoms with Crippen molar-refractivity contribution in [2.45, 2.75) is 6.92 Å². The molecule has 0 atom stereocenters. The normalized spacial score (nSPS) is 10.5. The van der Waals surface area contributed by atoms with Crippen molar-refractivity contribution in [2.24, 2.45) is 0 Å². The van der Waals surface area contributed by atoms with Crippen LogP contribution >= 0.6 is 11.6 Å². The predicted molar refractivity (Wildman–Crippen MR) is 59.6 cm³/mol. The van der Waals surface area contributed by atoms with Crippen molar-refractivity contribution in [1.29, 1.82) is 0 Å². The van der Waals surface area contributed by atoms with Crippen molar-refractivity contribution in [2.75, 3.05) is 6.61 Å². The Kier molecular flexibility index (Phi) is 2.60. The van der Waals surface area contributed by atoms with Crippen LogP contribution in [0.1, 0.15) is 12.6 Å². The minimum atomic E-state index is 0.380. The molecule has 0 aliphatic heterocycles. The van der Waals surface area contributed by atoms with Crippen LogP contribution in [-0.4, -0.2) is 21.6 Å². The maximum Gasteiger partial charge on any atom is 0.140 e. The van der Waals surface area contributed by atoms with E-state index in [0.717, 1.165) is 11.0 Å². The van der Waals surface area contributed by atoms with Crippen LogP contribution in [0.15, 0.2) is 19.0 Å². The number of halogens is 1. The third kappa shape index (κ3) is 1.80. The molecule has 2 rings (SSSR count). The summed E-state index contributed by atoms with van der Waals surface area (Å²) in [5, 5.41) is 0.380. The average Bonchev–Trinajstić information content (AvgIpc) is 2.64. The summed E-state index contributed by atoms with van der Waals surface area (Å²) in [4.78, 5) is 11.2. The van der Waals surface area contributed by atoms with Crippen LogP contribution < -0.4 is 0 Å². The minimum Gasteiger partial charge on any atom is -0.492 e. The number of H-pyrrole nitrogens is 1. The topological polar surface area (TPSA) is 50.8 Å². The Labute approximate surface area is 91.9 Å². The highest BCUT2D eigenvalue weighted by Crippen LogP contribution is 2.23. The van der Waals surface area contributed by atoms with E-state index in [1.807, 2.05) is 6.92 Å². The van der Waals surface area contributed by atoms with E-state index in [0.29, 0.717) is 23.2 Å². The van der Waals surface area contributed by atoms with E-state index in [1.54, 1.807) is 12.4 Å². The van der Waals surface area contributed by atoms with E-state index in [-0.39, 0.29) is 0 Å². The van der Waals surface area contributed by atoms with Crippen LogP contribution in [0.5, 0.6) is 0 Å². The fourth-order valence-corrected chi connectivity index (χ4v) is 1.54. The Bertz CT molecular complexity index is 506. The molecule has 0 aliphatic carbocycles. The first-order valence-corrected chi connectivity index (χ1v) is 4.92. The number of aromatic nitrogens is 3. The van der Waals surface area contributed by atoms with Gasteiger partial charge in [-0.05, 0) is 6.92 Å². The standard InChI is InChI=1S/C10H10ClN3O/c1-3-15-6(2)9-10-7(12-5-13-10)4-8(11)14-9/h4-5H,2-3H2,1H3,(H,12,13). The molecule has 2 aromatic heterocycles. The molecule has 2 aromatic rings. The van der Waals surface area contributed by atoms with Gasteiger partial charge in [0.15, 0.2) is 0 Å². The number of hydrogen-bond acceptors (Lipinski definition) is 3. The maximum absolute atomic E-state index is 5.86. The van der Waals surface area contributed by atoms with E-state index in [2.05, 4.69) is 21.5 Å². The minimum absolute atomic E-state index is 0.380. The number of aromatic amines is 1. The smallest absolute Gasteiger partial charge is 0.140 e. The van der Waals surface area contributed by atoms with Gasteiger partial charge in [0, 0.05) is 6.07 Å². The summed E-state index contributed by atoms with van der Waals surface area (Å²) in [5.74, 6) is 0.495. The Morgan fingerprint density at radius 3 is 3.20 bits per heavy atom. The Morgan fingerprint density at radius 1 is 1.67 bits per heavy atom. The van der Waals surface area contributed by atoms with Crippen molar-refractivity contribution in [3.8, 4) is 0 Å². The van der Waals surface area contributed by atoms with Gasteiger partial charge < -0.3 is 9.72 Å². The molecular formula is C10H10ClN3O. The third-order valence-corrected chi connectivity index (χ3v) is 2.16. The van der Waals surface area contributed by atoms with E-state index in [9.17, 15) is 0 Å².